The first-order valence-corrected chi connectivity index (χ1v) is 11.3. The Balaban J connectivity index is 0.000000390. The van der Waals surface area contributed by atoms with Gasteiger partial charge >= 0.3 is 0 Å². The van der Waals surface area contributed by atoms with Gasteiger partial charge in [-0.15, -0.1) is 0 Å². The van der Waals surface area contributed by atoms with Crippen LogP contribution >= 0.6 is 11.6 Å². The number of hydrogen-bond acceptors (Lipinski definition) is 5. The lowest BCUT2D eigenvalue weighted by molar-refractivity contribution is -0.123. The molecule has 6 nitrogen and oxygen atoms in total. The second kappa shape index (κ2) is 11.8. The van der Waals surface area contributed by atoms with E-state index in [0.717, 1.165) is 60.0 Å². The predicted molar refractivity (Wildman–Crippen MR) is 135 cm³/mol. The Hall–Kier alpha value is -2.73. The van der Waals surface area contributed by atoms with Gasteiger partial charge in [0.15, 0.2) is 0 Å². The van der Waals surface area contributed by atoms with Crippen LogP contribution in [0.5, 0.6) is 0 Å². The maximum absolute atomic E-state index is 10.6. The Morgan fingerprint density at radius 2 is 1.97 bits per heavy atom. The van der Waals surface area contributed by atoms with Gasteiger partial charge in [-0.1, -0.05) is 31.5 Å². The highest BCUT2D eigenvalue weighted by Crippen LogP contribution is 2.32. The van der Waals surface area contributed by atoms with Crippen molar-refractivity contribution in [3.05, 3.63) is 51.9 Å². The molecule has 3 heterocycles. The van der Waals surface area contributed by atoms with Gasteiger partial charge in [0.1, 0.15) is 5.82 Å². The van der Waals surface area contributed by atoms with Crippen molar-refractivity contribution in [2.45, 2.75) is 48.0 Å². The number of hydrogen-bond donors (Lipinski definition) is 1. The quantitative estimate of drug-likeness (QED) is 0.614. The van der Waals surface area contributed by atoms with Crippen LogP contribution in [0.4, 0.5) is 5.82 Å². The summed E-state index contributed by atoms with van der Waals surface area (Å²) in [6.45, 7) is 17.9. The Bertz CT molecular complexity index is 1000. The van der Waals surface area contributed by atoms with Gasteiger partial charge in [0.2, 0.25) is 5.91 Å². The van der Waals surface area contributed by atoms with E-state index < -0.39 is 0 Å². The molecule has 0 aromatic carbocycles. The minimum absolute atomic E-state index is 0.120. The molecule has 0 bridgehead atoms. The van der Waals surface area contributed by atoms with Gasteiger partial charge in [-0.2, -0.15) is 0 Å². The molecule has 1 amide bonds. The zero-order valence-electron chi connectivity index (χ0n) is 20.0. The summed E-state index contributed by atoms with van der Waals surface area (Å²) < 4.78 is 0. The molecule has 0 radical (unpaired) electrons. The van der Waals surface area contributed by atoms with Gasteiger partial charge in [0.05, 0.1) is 10.7 Å². The van der Waals surface area contributed by atoms with Crippen molar-refractivity contribution in [2.24, 2.45) is 10.9 Å². The number of amides is 1. The number of halogens is 1. The van der Waals surface area contributed by atoms with Gasteiger partial charge in [0.25, 0.3) is 0 Å². The highest BCUT2D eigenvalue weighted by molar-refractivity contribution is 6.33. The summed E-state index contributed by atoms with van der Waals surface area (Å²) in [7, 11) is 0. The molecule has 3 rings (SSSR count). The van der Waals surface area contributed by atoms with E-state index in [2.05, 4.69) is 51.8 Å². The zero-order valence-corrected chi connectivity index (χ0v) is 20.8. The molecular weight excluding hydrogens is 422 g/mol. The number of aryl methyl sites for hydroxylation is 2. The molecule has 1 aliphatic heterocycles. The minimum atomic E-state index is 0.120. The summed E-state index contributed by atoms with van der Waals surface area (Å²) in [6, 6.07) is 4.15. The molecular formula is C25H34ClN5O. The molecule has 7 heteroatoms. The Kier molecular flexibility index (Phi) is 9.39. The average molecular weight is 456 g/mol. The molecule has 0 saturated heterocycles. The summed E-state index contributed by atoms with van der Waals surface area (Å²) in [4.78, 5) is 26.1. The number of rotatable bonds is 5. The topological polar surface area (TPSA) is 70.5 Å². The smallest absolute Gasteiger partial charge is 0.222 e. The third kappa shape index (κ3) is 6.63. The number of nitrogens with one attached hydrogen (secondary N) is 1. The molecule has 2 aromatic rings. The molecule has 32 heavy (non-hydrogen) atoms. The Labute approximate surface area is 196 Å². The van der Waals surface area contributed by atoms with E-state index in [1.54, 1.807) is 6.20 Å². The third-order valence-corrected chi connectivity index (χ3v) is 5.54. The van der Waals surface area contributed by atoms with Crippen LogP contribution in [0.25, 0.3) is 11.3 Å². The van der Waals surface area contributed by atoms with Crippen LogP contribution in [0, 0.1) is 19.8 Å². The van der Waals surface area contributed by atoms with E-state index in [0.29, 0.717) is 5.02 Å². The number of anilines is 1. The summed E-state index contributed by atoms with van der Waals surface area (Å²) in [5.74, 6) is 1.17. The lowest BCUT2D eigenvalue weighted by atomic mass is 10.0. The third-order valence-electron chi connectivity index (χ3n) is 5.24. The molecule has 1 N–H and O–H groups in total. The van der Waals surface area contributed by atoms with E-state index in [1.165, 1.54) is 5.57 Å². The molecule has 0 unspecified atom stereocenters. The maximum atomic E-state index is 10.6. The molecule has 172 valence electrons. The van der Waals surface area contributed by atoms with E-state index in [-0.39, 0.29) is 11.8 Å². The number of aromatic nitrogens is 2. The molecule has 0 atom stereocenters. The van der Waals surface area contributed by atoms with Crippen molar-refractivity contribution in [1.82, 2.24) is 15.3 Å². The van der Waals surface area contributed by atoms with Crippen LogP contribution in [-0.4, -0.2) is 42.2 Å². The predicted octanol–water partition coefficient (Wildman–Crippen LogP) is 5.38. The monoisotopic (exact) mass is 455 g/mol. The Morgan fingerprint density at radius 1 is 1.25 bits per heavy atom. The molecule has 0 spiro atoms. The fourth-order valence-corrected chi connectivity index (χ4v) is 3.67. The van der Waals surface area contributed by atoms with Crippen molar-refractivity contribution in [3.8, 4) is 11.3 Å². The Morgan fingerprint density at radius 3 is 2.50 bits per heavy atom. The number of aliphatic imine (C=N–C) groups is 1. The molecule has 1 aliphatic rings. The van der Waals surface area contributed by atoms with E-state index >= 15 is 0 Å². The molecule has 2 aromatic heterocycles. The van der Waals surface area contributed by atoms with Crippen LogP contribution in [0.1, 0.15) is 45.2 Å². The first-order chi connectivity index (χ1) is 15.2. The van der Waals surface area contributed by atoms with Crippen molar-refractivity contribution >= 4 is 30.0 Å². The standard InChI is InChI=1S/C19H21ClN4.C6H13NO/c1-12-7-13(2)19(23-9-12)15-8-18(22-10-16(15)20)24-6-5-17(21-4)14(3)11-24;1-4-7-6(8)5(2)3/h7-10H,4-6,11H2,1-3H3;5H,4H2,1-3H3,(H,7,8). The molecule has 0 fully saturated rings. The fraction of sp³-hybridized carbons (Fsp3) is 0.440. The van der Waals surface area contributed by atoms with Gasteiger partial charge in [-0.05, 0) is 57.2 Å². The van der Waals surface area contributed by atoms with Crippen molar-refractivity contribution in [1.29, 1.82) is 0 Å². The minimum Gasteiger partial charge on any atom is -0.356 e. The van der Waals surface area contributed by atoms with Crippen LogP contribution < -0.4 is 10.2 Å². The molecule has 0 saturated carbocycles. The van der Waals surface area contributed by atoms with Crippen LogP contribution in [0.15, 0.2) is 40.8 Å². The van der Waals surface area contributed by atoms with Crippen LogP contribution in [0.3, 0.4) is 0 Å². The van der Waals surface area contributed by atoms with Gasteiger partial charge in [-0.3, -0.25) is 14.8 Å². The first kappa shape index (κ1) is 25.5. The summed E-state index contributed by atoms with van der Waals surface area (Å²) in [5.41, 5.74) is 6.42. The SMILES string of the molecule is C=NC1=C(C)CN(c2cc(-c3ncc(C)cc3C)c(Cl)cn2)CC1.CCNC(=O)C(C)C. The van der Waals surface area contributed by atoms with Crippen LogP contribution in [-0.2, 0) is 4.79 Å². The van der Waals surface area contributed by atoms with Crippen molar-refractivity contribution < 1.29 is 4.79 Å². The lowest BCUT2D eigenvalue weighted by Crippen LogP contribution is -2.31. The normalized spacial score (nSPS) is 13.6. The number of carbonyl (C=O) groups is 1. The van der Waals surface area contributed by atoms with Gasteiger partial charge < -0.3 is 10.2 Å². The average Bonchev–Trinajstić information content (AvgIpc) is 2.75. The zero-order chi connectivity index (χ0) is 23.8. The lowest BCUT2D eigenvalue weighted by Gasteiger charge is -2.29. The van der Waals surface area contributed by atoms with Gasteiger partial charge in [0, 0.05) is 55.6 Å². The maximum Gasteiger partial charge on any atom is 0.222 e. The number of pyridine rings is 2. The van der Waals surface area contributed by atoms with Crippen LogP contribution in [0.2, 0.25) is 5.02 Å². The summed E-state index contributed by atoms with van der Waals surface area (Å²) >= 11 is 6.40. The van der Waals surface area contributed by atoms with Gasteiger partial charge in [-0.25, -0.2) is 4.98 Å². The van der Waals surface area contributed by atoms with Crippen molar-refractivity contribution in [2.75, 3.05) is 24.5 Å². The highest BCUT2D eigenvalue weighted by atomic mass is 35.5. The fourth-order valence-electron chi connectivity index (χ4n) is 3.48. The van der Waals surface area contributed by atoms with E-state index in [1.807, 2.05) is 40.0 Å². The van der Waals surface area contributed by atoms with Crippen molar-refractivity contribution in [3.63, 3.8) is 0 Å². The van der Waals surface area contributed by atoms with E-state index in [9.17, 15) is 4.79 Å². The largest absolute Gasteiger partial charge is 0.356 e. The number of carbonyl (C=O) groups excluding carboxylic acids is 1. The molecule has 0 aliphatic carbocycles. The van der Waals surface area contributed by atoms with E-state index in [4.69, 9.17) is 11.6 Å². The highest BCUT2D eigenvalue weighted by Gasteiger charge is 2.19. The second-order valence-electron chi connectivity index (χ2n) is 8.31. The summed E-state index contributed by atoms with van der Waals surface area (Å²) in [6.07, 6.45) is 4.47. The number of nitrogens with zero attached hydrogens (tertiary/aromatic N) is 4. The first-order valence-electron chi connectivity index (χ1n) is 10.9. The second-order valence-corrected chi connectivity index (χ2v) is 8.71. The summed E-state index contributed by atoms with van der Waals surface area (Å²) in [5, 5.41) is 3.33.